The zero-order chi connectivity index (χ0) is 17.1. The third-order valence-electron chi connectivity index (χ3n) is 5.00. The number of piperidine rings is 1. The van der Waals surface area contributed by atoms with E-state index in [9.17, 15) is 4.79 Å². The smallest absolute Gasteiger partial charge is 0.271 e. The molecule has 2 aromatic rings. The first-order chi connectivity index (χ1) is 12.3. The Morgan fingerprint density at radius 2 is 2.23 bits per heavy atom. The van der Waals surface area contributed by atoms with Gasteiger partial charge in [0, 0.05) is 30.6 Å². The van der Waals surface area contributed by atoms with E-state index < -0.39 is 0 Å². The number of hydrogen-bond acceptors (Lipinski definition) is 5. The molecule has 0 bridgehead atoms. The van der Waals surface area contributed by atoms with E-state index in [1.807, 2.05) is 28.3 Å². The van der Waals surface area contributed by atoms with Crippen LogP contribution in [0, 0.1) is 0 Å². The molecule has 2 aromatic heterocycles. The molecule has 3 heterocycles. The molecule has 2 aliphatic rings. The summed E-state index contributed by atoms with van der Waals surface area (Å²) >= 11 is 1.82. The molecule has 2 N–H and O–H groups in total. The van der Waals surface area contributed by atoms with E-state index >= 15 is 0 Å². The Morgan fingerprint density at radius 3 is 3.04 bits per heavy atom. The lowest BCUT2D eigenvalue weighted by Gasteiger charge is -2.22. The number of aromatic nitrogens is 3. The van der Waals surface area contributed by atoms with E-state index in [0.29, 0.717) is 18.3 Å². The Hall–Kier alpha value is -1.44. The van der Waals surface area contributed by atoms with Crippen LogP contribution in [0.5, 0.6) is 0 Å². The standard InChI is InChI=1S/C18H25N5OS.ClH/c24-18(15-8-11-23(22-15)13-4-3-9-19-12-13)20-10-7-17-21-14-5-1-2-6-16(14)25-17;/h8,11,13,19H,1-7,9-10,12H2,(H,20,24);1H. The lowest BCUT2D eigenvalue weighted by Crippen LogP contribution is -2.32. The zero-order valence-electron chi connectivity index (χ0n) is 14.9. The van der Waals surface area contributed by atoms with Crippen molar-refractivity contribution in [3.05, 3.63) is 33.5 Å². The summed E-state index contributed by atoms with van der Waals surface area (Å²) in [6, 6.07) is 2.17. The van der Waals surface area contributed by atoms with Crippen LogP contribution >= 0.6 is 23.7 Å². The highest BCUT2D eigenvalue weighted by molar-refractivity contribution is 7.11. The third-order valence-corrected chi connectivity index (χ3v) is 6.22. The highest BCUT2D eigenvalue weighted by Gasteiger charge is 2.18. The van der Waals surface area contributed by atoms with Crippen molar-refractivity contribution in [1.82, 2.24) is 25.4 Å². The van der Waals surface area contributed by atoms with Gasteiger partial charge in [-0.05, 0) is 51.1 Å². The Kier molecular flexibility index (Phi) is 6.67. The summed E-state index contributed by atoms with van der Waals surface area (Å²) in [5, 5.41) is 12.0. The van der Waals surface area contributed by atoms with Crippen molar-refractivity contribution in [3.63, 3.8) is 0 Å². The predicted molar refractivity (Wildman–Crippen MR) is 105 cm³/mol. The van der Waals surface area contributed by atoms with Gasteiger partial charge in [0.15, 0.2) is 0 Å². The van der Waals surface area contributed by atoms with Crippen molar-refractivity contribution >= 4 is 29.7 Å². The van der Waals surface area contributed by atoms with Crippen LogP contribution in [0.1, 0.15) is 57.8 Å². The molecule has 0 aromatic carbocycles. The summed E-state index contributed by atoms with van der Waals surface area (Å²) in [5.74, 6) is -0.0937. The Labute approximate surface area is 164 Å². The van der Waals surface area contributed by atoms with E-state index in [1.54, 1.807) is 0 Å². The quantitative estimate of drug-likeness (QED) is 0.816. The van der Waals surface area contributed by atoms with Crippen molar-refractivity contribution in [2.45, 2.75) is 51.0 Å². The number of halogens is 1. The molecule has 1 amide bonds. The fraction of sp³-hybridized carbons (Fsp3) is 0.611. The molecular formula is C18H26ClN5OS. The molecule has 4 rings (SSSR count). The van der Waals surface area contributed by atoms with Gasteiger partial charge in [-0.2, -0.15) is 5.10 Å². The van der Waals surface area contributed by atoms with Gasteiger partial charge < -0.3 is 10.6 Å². The van der Waals surface area contributed by atoms with Crippen LogP contribution < -0.4 is 10.6 Å². The molecule has 1 atom stereocenters. The second kappa shape index (κ2) is 8.97. The van der Waals surface area contributed by atoms with Crippen LogP contribution in [-0.4, -0.2) is 40.3 Å². The Bertz CT molecular complexity index is 714. The molecule has 1 aliphatic carbocycles. The van der Waals surface area contributed by atoms with E-state index in [-0.39, 0.29) is 18.3 Å². The maximum absolute atomic E-state index is 12.3. The van der Waals surface area contributed by atoms with E-state index in [2.05, 4.69) is 15.7 Å². The lowest BCUT2D eigenvalue weighted by molar-refractivity contribution is 0.0948. The molecular weight excluding hydrogens is 370 g/mol. The fourth-order valence-corrected chi connectivity index (χ4v) is 4.76. The van der Waals surface area contributed by atoms with Gasteiger partial charge in [-0.25, -0.2) is 4.98 Å². The Morgan fingerprint density at radius 1 is 1.35 bits per heavy atom. The number of thiazole rings is 1. The van der Waals surface area contributed by atoms with Gasteiger partial charge in [0.05, 0.1) is 16.7 Å². The predicted octanol–water partition coefficient (Wildman–Crippen LogP) is 2.54. The van der Waals surface area contributed by atoms with Crippen LogP contribution in [0.15, 0.2) is 12.3 Å². The number of hydrogen-bond donors (Lipinski definition) is 2. The number of nitrogens with one attached hydrogen (secondary N) is 2. The summed E-state index contributed by atoms with van der Waals surface area (Å²) in [4.78, 5) is 18.5. The van der Waals surface area contributed by atoms with Crippen LogP contribution in [0.25, 0.3) is 0 Å². The highest BCUT2D eigenvalue weighted by Crippen LogP contribution is 2.26. The van der Waals surface area contributed by atoms with Gasteiger partial charge in [0.2, 0.25) is 0 Å². The highest BCUT2D eigenvalue weighted by atomic mass is 35.5. The van der Waals surface area contributed by atoms with Crippen molar-refractivity contribution in [2.75, 3.05) is 19.6 Å². The van der Waals surface area contributed by atoms with E-state index in [1.165, 1.54) is 29.8 Å². The molecule has 1 unspecified atom stereocenters. The second-order valence-electron chi connectivity index (χ2n) is 6.87. The summed E-state index contributed by atoms with van der Waals surface area (Å²) in [6.45, 7) is 2.62. The number of fused-ring (bicyclic) bond motifs is 1. The van der Waals surface area contributed by atoms with Crippen LogP contribution in [0.3, 0.4) is 0 Å². The fourth-order valence-electron chi connectivity index (χ4n) is 3.61. The van der Waals surface area contributed by atoms with Crippen molar-refractivity contribution < 1.29 is 4.79 Å². The number of aryl methyl sites for hydroxylation is 2. The molecule has 1 aliphatic heterocycles. The van der Waals surface area contributed by atoms with Gasteiger partial charge in [-0.3, -0.25) is 9.48 Å². The van der Waals surface area contributed by atoms with Crippen LogP contribution in [0.2, 0.25) is 0 Å². The normalized spacial score (nSPS) is 19.5. The summed E-state index contributed by atoms with van der Waals surface area (Å²) < 4.78 is 1.93. The topological polar surface area (TPSA) is 71.8 Å². The minimum absolute atomic E-state index is 0. The van der Waals surface area contributed by atoms with E-state index in [0.717, 1.165) is 43.8 Å². The molecule has 6 nitrogen and oxygen atoms in total. The third kappa shape index (κ3) is 4.45. The second-order valence-corrected chi connectivity index (χ2v) is 8.04. The Balaban J connectivity index is 0.00000196. The first-order valence-electron chi connectivity index (χ1n) is 9.31. The molecule has 1 fully saturated rings. The molecule has 0 radical (unpaired) electrons. The van der Waals surface area contributed by atoms with Crippen LogP contribution in [-0.2, 0) is 19.3 Å². The summed E-state index contributed by atoms with van der Waals surface area (Å²) in [5.41, 5.74) is 1.79. The number of nitrogens with zero attached hydrogens (tertiary/aromatic N) is 3. The first-order valence-corrected chi connectivity index (χ1v) is 10.1. The monoisotopic (exact) mass is 395 g/mol. The first kappa shape index (κ1) is 19.3. The summed E-state index contributed by atoms with van der Waals surface area (Å²) in [7, 11) is 0. The average Bonchev–Trinajstić information content (AvgIpc) is 3.29. The molecule has 26 heavy (non-hydrogen) atoms. The number of carbonyl (C=O) groups is 1. The number of carbonyl (C=O) groups excluding carboxylic acids is 1. The number of rotatable bonds is 5. The van der Waals surface area contributed by atoms with Crippen molar-refractivity contribution in [3.8, 4) is 0 Å². The van der Waals surface area contributed by atoms with Gasteiger partial charge in [-0.15, -0.1) is 23.7 Å². The van der Waals surface area contributed by atoms with Gasteiger partial charge in [0.1, 0.15) is 5.69 Å². The van der Waals surface area contributed by atoms with Gasteiger partial charge in [-0.1, -0.05) is 0 Å². The molecule has 142 valence electrons. The van der Waals surface area contributed by atoms with Crippen molar-refractivity contribution in [2.24, 2.45) is 0 Å². The SMILES string of the molecule is Cl.O=C(NCCc1nc2c(s1)CCCC2)c1ccn(C2CCCNC2)n1. The average molecular weight is 396 g/mol. The number of amides is 1. The zero-order valence-corrected chi connectivity index (χ0v) is 16.5. The molecule has 0 saturated carbocycles. The van der Waals surface area contributed by atoms with E-state index in [4.69, 9.17) is 4.98 Å². The maximum Gasteiger partial charge on any atom is 0.271 e. The van der Waals surface area contributed by atoms with Crippen LogP contribution in [0.4, 0.5) is 0 Å². The van der Waals surface area contributed by atoms with Gasteiger partial charge in [0.25, 0.3) is 5.91 Å². The minimum atomic E-state index is -0.0937. The molecule has 8 heteroatoms. The molecule has 1 saturated heterocycles. The minimum Gasteiger partial charge on any atom is -0.350 e. The molecule has 0 spiro atoms. The summed E-state index contributed by atoms with van der Waals surface area (Å²) in [6.07, 6.45) is 9.82. The van der Waals surface area contributed by atoms with Crippen molar-refractivity contribution in [1.29, 1.82) is 0 Å². The maximum atomic E-state index is 12.3. The van der Waals surface area contributed by atoms with Gasteiger partial charge >= 0.3 is 0 Å². The lowest BCUT2D eigenvalue weighted by atomic mass is 10.0. The largest absolute Gasteiger partial charge is 0.350 e.